The van der Waals surface area contributed by atoms with E-state index in [0.717, 1.165) is 44.9 Å². The highest BCUT2D eigenvalue weighted by Gasteiger charge is 2.21. The summed E-state index contributed by atoms with van der Waals surface area (Å²) in [6.07, 6.45) is 17.5. The van der Waals surface area contributed by atoms with Crippen molar-refractivity contribution in [1.82, 2.24) is 26.0 Å². The molecule has 0 radical (unpaired) electrons. The zero-order valence-electron chi connectivity index (χ0n) is 36.1. The third-order valence-electron chi connectivity index (χ3n) is 9.38. The molecule has 18 nitrogen and oxygen atoms in total. The van der Waals surface area contributed by atoms with Crippen molar-refractivity contribution < 1.29 is 62.7 Å². The molecule has 0 fully saturated rings. The average molecular weight is 910 g/mol. The second kappa shape index (κ2) is 42.3. The maximum absolute atomic E-state index is 12.3. The topological polar surface area (TPSA) is 257 Å². The standard InChI is InChI=1S/C41H75N5O13S2/c47-35(21-20-33(40(53)54)45-36(48)18-13-11-9-7-5-3-1-2-4-6-8-10-12-14-19-39(51)52)43-23-25-56-27-30-59-32-38(50)44-24-26-57-28-29-58-31-37(49)42-22-16-15-17-34(46-61)41(55)60/h33-34,46,61H,1-32H2,(H,42,49)(H,43,47)(H,44,50)(H,45,48)(H,51,52)(H,53,54)(H,55,60). The monoisotopic (exact) mass is 909 g/mol. The number of thiol groups is 2. The Morgan fingerprint density at radius 1 is 0.443 bits per heavy atom. The van der Waals surface area contributed by atoms with Gasteiger partial charge in [0.05, 0.1) is 45.7 Å². The molecule has 0 saturated carbocycles. The molecule has 0 aromatic carbocycles. The second-order valence-corrected chi connectivity index (χ2v) is 15.4. The number of carboxylic acid groups (broad SMARTS) is 2. The Morgan fingerprint density at radius 2 is 0.885 bits per heavy atom. The van der Waals surface area contributed by atoms with Crippen LogP contribution in [0.15, 0.2) is 0 Å². The number of unbranched alkanes of at least 4 members (excludes halogenated alkanes) is 14. The number of hydrogen-bond acceptors (Lipinski definition) is 13. The van der Waals surface area contributed by atoms with E-state index in [1.165, 1.54) is 44.9 Å². The van der Waals surface area contributed by atoms with Crippen molar-refractivity contribution in [2.75, 3.05) is 72.5 Å². The molecule has 0 aliphatic carbocycles. The van der Waals surface area contributed by atoms with E-state index >= 15 is 0 Å². The highest BCUT2D eigenvalue weighted by atomic mass is 32.1. The maximum atomic E-state index is 12.3. The molecule has 7 N–H and O–H groups in total. The number of nitrogens with one attached hydrogen (secondary N) is 5. The van der Waals surface area contributed by atoms with Crippen molar-refractivity contribution in [3.63, 3.8) is 0 Å². The molecule has 2 unspecified atom stereocenters. The molecule has 0 saturated heterocycles. The van der Waals surface area contributed by atoms with Gasteiger partial charge in [-0.05, 0) is 38.5 Å². The molecule has 354 valence electrons. The van der Waals surface area contributed by atoms with E-state index in [2.05, 4.69) is 51.4 Å². The molecule has 0 aliphatic heterocycles. The maximum Gasteiger partial charge on any atom is 0.326 e. The quantitative estimate of drug-likeness (QED) is 0.0313. The Hall–Kier alpha value is -3.01. The largest absolute Gasteiger partial charge is 0.481 e. The van der Waals surface area contributed by atoms with E-state index in [1.807, 2.05) is 0 Å². The molecular weight excluding hydrogens is 835 g/mol. The lowest BCUT2D eigenvalue weighted by molar-refractivity contribution is -0.142. The summed E-state index contributed by atoms with van der Waals surface area (Å²) in [6.45, 7) is 1.96. The van der Waals surface area contributed by atoms with Gasteiger partial charge < -0.3 is 50.4 Å². The van der Waals surface area contributed by atoms with Gasteiger partial charge in [0.2, 0.25) is 28.7 Å². The van der Waals surface area contributed by atoms with Crippen LogP contribution < -0.4 is 26.0 Å². The highest BCUT2D eigenvalue weighted by Crippen LogP contribution is 2.14. The Labute approximate surface area is 373 Å². The molecule has 0 aromatic rings. The normalized spacial score (nSPS) is 12.0. The van der Waals surface area contributed by atoms with Gasteiger partial charge in [-0.25, -0.2) is 4.79 Å². The fourth-order valence-corrected chi connectivity index (χ4v) is 6.45. The molecular formula is C41H75N5O13S2. The Kier molecular flexibility index (Phi) is 40.2. The van der Waals surface area contributed by atoms with Crippen molar-refractivity contribution in [2.24, 2.45) is 0 Å². The molecule has 0 bridgehead atoms. The molecule has 0 aliphatic rings. The van der Waals surface area contributed by atoms with Crippen molar-refractivity contribution in [3.8, 4) is 0 Å². The zero-order valence-corrected chi connectivity index (χ0v) is 37.9. The van der Waals surface area contributed by atoms with Crippen LogP contribution in [0.4, 0.5) is 0 Å². The van der Waals surface area contributed by atoms with Gasteiger partial charge in [0.1, 0.15) is 19.3 Å². The van der Waals surface area contributed by atoms with Gasteiger partial charge in [0.25, 0.3) is 0 Å². The van der Waals surface area contributed by atoms with Crippen molar-refractivity contribution >= 4 is 66.1 Å². The molecule has 0 aromatic heterocycles. The highest BCUT2D eigenvalue weighted by molar-refractivity contribution is 7.96. The first-order chi connectivity index (χ1) is 29.5. The predicted octanol–water partition coefficient (Wildman–Crippen LogP) is 3.51. The first-order valence-electron chi connectivity index (χ1n) is 21.9. The van der Waals surface area contributed by atoms with Gasteiger partial charge in [0, 0.05) is 38.9 Å². The van der Waals surface area contributed by atoms with Gasteiger partial charge in [-0.1, -0.05) is 89.9 Å². The number of carboxylic acids is 2. The first-order valence-corrected chi connectivity index (χ1v) is 22.8. The van der Waals surface area contributed by atoms with Crippen LogP contribution in [0, 0.1) is 0 Å². The van der Waals surface area contributed by atoms with Crippen LogP contribution in [0.2, 0.25) is 0 Å². The number of hydrogen-bond donors (Lipinski definition) is 9. The summed E-state index contributed by atoms with van der Waals surface area (Å²) in [4.78, 5) is 81.6. The Balaban J connectivity index is 3.65. The molecule has 4 amide bonds. The van der Waals surface area contributed by atoms with Crippen molar-refractivity contribution in [3.05, 3.63) is 0 Å². The number of rotatable bonds is 45. The first kappa shape index (κ1) is 58.0. The van der Waals surface area contributed by atoms with Crippen molar-refractivity contribution in [2.45, 2.75) is 147 Å². The summed E-state index contributed by atoms with van der Waals surface area (Å²) in [7, 11) is 0. The number of aliphatic carboxylic acids is 2. The molecule has 20 heteroatoms. The van der Waals surface area contributed by atoms with E-state index in [9.17, 15) is 38.7 Å². The molecule has 2 atom stereocenters. The predicted molar refractivity (Wildman–Crippen MR) is 236 cm³/mol. The summed E-state index contributed by atoms with van der Waals surface area (Å²) in [5.74, 6) is -3.16. The number of carbonyl (C=O) groups is 7. The Morgan fingerprint density at radius 3 is 1.34 bits per heavy atom. The third kappa shape index (κ3) is 40.8. The van der Waals surface area contributed by atoms with Crippen LogP contribution in [0.5, 0.6) is 0 Å². The average Bonchev–Trinajstić information content (AvgIpc) is 3.22. The van der Waals surface area contributed by atoms with Crippen LogP contribution in [-0.4, -0.2) is 135 Å². The molecule has 0 spiro atoms. The number of amides is 4. The summed E-state index contributed by atoms with van der Waals surface area (Å²) in [5, 5.41) is 28.4. The summed E-state index contributed by atoms with van der Waals surface area (Å²) in [6, 6.07) is -1.57. The second-order valence-electron chi connectivity index (χ2n) is 14.7. The van der Waals surface area contributed by atoms with Crippen LogP contribution in [-0.2, 0) is 52.5 Å². The lowest BCUT2D eigenvalue weighted by Gasteiger charge is -2.14. The van der Waals surface area contributed by atoms with E-state index in [1.54, 1.807) is 0 Å². The van der Waals surface area contributed by atoms with Crippen LogP contribution >= 0.6 is 25.4 Å². The fourth-order valence-electron chi connectivity index (χ4n) is 5.91. The van der Waals surface area contributed by atoms with Gasteiger partial charge in [0.15, 0.2) is 0 Å². The Bertz CT molecular complexity index is 1210. The number of carbonyl (C=O) groups excluding carboxylic acids is 5. The van der Waals surface area contributed by atoms with Gasteiger partial charge >= 0.3 is 11.9 Å². The summed E-state index contributed by atoms with van der Waals surface area (Å²) < 4.78 is 23.9. The van der Waals surface area contributed by atoms with Crippen LogP contribution in [0.3, 0.4) is 0 Å². The van der Waals surface area contributed by atoms with E-state index < -0.39 is 24.0 Å². The molecule has 61 heavy (non-hydrogen) atoms. The zero-order chi connectivity index (χ0) is 45.2. The van der Waals surface area contributed by atoms with E-state index in [-0.39, 0.29) is 120 Å². The summed E-state index contributed by atoms with van der Waals surface area (Å²) in [5.41, 5.74) is 0. The smallest absolute Gasteiger partial charge is 0.326 e. The van der Waals surface area contributed by atoms with Crippen molar-refractivity contribution in [1.29, 1.82) is 0 Å². The molecule has 0 rings (SSSR count). The van der Waals surface area contributed by atoms with Gasteiger partial charge in [-0.2, -0.15) is 0 Å². The minimum Gasteiger partial charge on any atom is -0.481 e. The minimum atomic E-state index is -1.19. The third-order valence-corrected chi connectivity index (χ3v) is 10.0. The lowest BCUT2D eigenvalue weighted by atomic mass is 10.0. The number of ether oxygens (including phenoxy) is 4. The van der Waals surface area contributed by atoms with Gasteiger partial charge in [-0.15, -0.1) is 12.6 Å². The fraction of sp³-hybridized carbons (Fsp3) is 0.829. The lowest BCUT2D eigenvalue weighted by Crippen LogP contribution is -2.41. The van der Waals surface area contributed by atoms with E-state index in [0.29, 0.717) is 25.8 Å². The SMILES string of the molecule is O=C(O)CCCCCCCCCCCCCCCCC(=O)NC(CCC(=O)NCCOCCOCC(=O)NCCOCCOCC(=O)NCCCCC(NS)C(=O)S)C(=O)O. The van der Waals surface area contributed by atoms with E-state index in [4.69, 9.17) is 24.1 Å². The van der Waals surface area contributed by atoms with Gasteiger partial charge in [-0.3, -0.25) is 33.5 Å². The molecule has 0 heterocycles. The summed E-state index contributed by atoms with van der Waals surface area (Å²) >= 11 is 7.67. The van der Waals surface area contributed by atoms with Crippen LogP contribution in [0.1, 0.15) is 135 Å². The van der Waals surface area contributed by atoms with Crippen LogP contribution in [0.25, 0.3) is 0 Å². The minimum absolute atomic E-state index is 0.0287.